The highest BCUT2D eigenvalue weighted by molar-refractivity contribution is 7.15. The number of halogens is 2. The highest BCUT2D eigenvalue weighted by atomic mass is 35.5. The summed E-state index contributed by atoms with van der Waals surface area (Å²) in [6, 6.07) is 12.0. The lowest BCUT2D eigenvalue weighted by atomic mass is 9.95. The first-order valence-corrected chi connectivity index (χ1v) is 10.0. The van der Waals surface area contributed by atoms with E-state index in [1.54, 1.807) is 19.4 Å². The number of hydrogen-bond donors (Lipinski definition) is 1. The number of rotatable bonds is 6. The van der Waals surface area contributed by atoms with E-state index in [9.17, 15) is 9.18 Å². The summed E-state index contributed by atoms with van der Waals surface area (Å²) in [6.07, 6.45) is 3.88. The van der Waals surface area contributed by atoms with E-state index >= 15 is 0 Å². The number of thiazole rings is 1. The smallest absolute Gasteiger partial charge is 0.236 e. The summed E-state index contributed by atoms with van der Waals surface area (Å²) in [5.41, 5.74) is 1.32. The maximum absolute atomic E-state index is 13.2. The lowest BCUT2D eigenvalue weighted by molar-refractivity contribution is -0.118. The molecular formula is C21H18ClFN2O2S. The molecule has 4 nitrogen and oxygen atoms in total. The number of aromatic nitrogens is 1. The quantitative estimate of drug-likeness (QED) is 0.600. The van der Waals surface area contributed by atoms with Crippen LogP contribution in [0.5, 0.6) is 5.75 Å². The van der Waals surface area contributed by atoms with Gasteiger partial charge in [-0.3, -0.25) is 4.79 Å². The Morgan fingerprint density at radius 3 is 2.68 bits per heavy atom. The maximum Gasteiger partial charge on any atom is 0.236 e. The zero-order valence-electron chi connectivity index (χ0n) is 15.2. The molecule has 7 heteroatoms. The number of hydrogen-bond acceptors (Lipinski definition) is 4. The van der Waals surface area contributed by atoms with Gasteiger partial charge >= 0.3 is 0 Å². The standard InChI is InChI=1S/C21H18ClFN2O2S/c1-27-16-6-3-14(4-7-16)21(8-9-21)19(26)25-20-24-12-17(28-20)10-13-2-5-15(23)11-18(13)22/h2-7,11-12H,8-10H2,1H3,(H,24,25,26). The molecule has 0 atom stereocenters. The van der Waals surface area contributed by atoms with Gasteiger partial charge in [-0.05, 0) is 48.2 Å². The van der Waals surface area contributed by atoms with Crippen molar-refractivity contribution in [3.8, 4) is 5.75 Å². The third kappa shape index (κ3) is 3.75. The van der Waals surface area contributed by atoms with Gasteiger partial charge in [0.2, 0.25) is 5.91 Å². The van der Waals surface area contributed by atoms with Crippen molar-refractivity contribution in [2.75, 3.05) is 12.4 Å². The monoisotopic (exact) mass is 416 g/mol. The molecule has 1 saturated carbocycles. The fourth-order valence-electron chi connectivity index (χ4n) is 3.20. The Hall–Kier alpha value is -2.44. The van der Waals surface area contributed by atoms with E-state index in [1.165, 1.54) is 23.5 Å². The van der Waals surface area contributed by atoms with Crippen molar-refractivity contribution < 1.29 is 13.9 Å². The van der Waals surface area contributed by atoms with Crippen LogP contribution in [0.1, 0.15) is 28.8 Å². The van der Waals surface area contributed by atoms with Gasteiger partial charge in [0.05, 0.1) is 12.5 Å². The fraction of sp³-hybridized carbons (Fsp3) is 0.238. The maximum atomic E-state index is 13.2. The second-order valence-electron chi connectivity index (χ2n) is 6.81. The van der Waals surface area contributed by atoms with Gasteiger partial charge in [-0.15, -0.1) is 11.3 Å². The first kappa shape index (κ1) is 18.9. The van der Waals surface area contributed by atoms with E-state index in [0.29, 0.717) is 16.6 Å². The molecule has 0 aliphatic heterocycles. The molecule has 1 heterocycles. The predicted octanol–water partition coefficient (Wildman–Crippen LogP) is 5.21. The average molecular weight is 417 g/mol. The van der Waals surface area contributed by atoms with E-state index in [2.05, 4.69) is 10.3 Å². The summed E-state index contributed by atoms with van der Waals surface area (Å²) in [5, 5.41) is 3.88. The lowest BCUT2D eigenvalue weighted by Gasteiger charge is -2.15. The molecule has 0 unspecified atom stereocenters. The van der Waals surface area contributed by atoms with E-state index < -0.39 is 5.41 Å². The number of amides is 1. The van der Waals surface area contributed by atoms with Gasteiger partial charge in [0, 0.05) is 22.5 Å². The van der Waals surface area contributed by atoms with E-state index in [1.807, 2.05) is 24.3 Å². The first-order valence-electron chi connectivity index (χ1n) is 8.85. The summed E-state index contributed by atoms with van der Waals surface area (Å²) in [4.78, 5) is 18.1. The van der Waals surface area contributed by atoms with Crippen molar-refractivity contribution >= 4 is 34.0 Å². The minimum absolute atomic E-state index is 0.0432. The molecule has 1 aliphatic rings. The minimum Gasteiger partial charge on any atom is -0.497 e. The Labute approximate surface area is 171 Å². The zero-order chi connectivity index (χ0) is 19.7. The molecule has 1 fully saturated rings. The van der Waals surface area contributed by atoms with Gasteiger partial charge in [0.1, 0.15) is 11.6 Å². The van der Waals surface area contributed by atoms with Crippen LogP contribution in [0.15, 0.2) is 48.7 Å². The van der Waals surface area contributed by atoms with Crippen molar-refractivity contribution in [2.24, 2.45) is 0 Å². The first-order chi connectivity index (χ1) is 13.5. The van der Waals surface area contributed by atoms with Crippen molar-refractivity contribution in [1.29, 1.82) is 0 Å². The number of carbonyl (C=O) groups is 1. The van der Waals surface area contributed by atoms with Gasteiger partial charge in [-0.2, -0.15) is 0 Å². The Bertz CT molecular complexity index is 1020. The van der Waals surface area contributed by atoms with Crippen LogP contribution >= 0.6 is 22.9 Å². The van der Waals surface area contributed by atoms with E-state index in [4.69, 9.17) is 16.3 Å². The highest BCUT2D eigenvalue weighted by Crippen LogP contribution is 2.49. The number of ether oxygens (including phenoxy) is 1. The Morgan fingerprint density at radius 2 is 2.04 bits per heavy atom. The second-order valence-corrected chi connectivity index (χ2v) is 8.33. The summed E-state index contributed by atoms with van der Waals surface area (Å²) < 4.78 is 18.4. The molecule has 4 rings (SSSR count). The van der Waals surface area contributed by atoms with Crippen LogP contribution in [-0.4, -0.2) is 18.0 Å². The van der Waals surface area contributed by atoms with Crippen LogP contribution in [0.4, 0.5) is 9.52 Å². The third-order valence-corrected chi connectivity index (χ3v) is 6.25. The molecule has 0 radical (unpaired) electrons. The minimum atomic E-state index is -0.488. The second kappa shape index (κ2) is 7.53. The van der Waals surface area contributed by atoms with Crippen LogP contribution in [0.3, 0.4) is 0 Å². The molecular weight excluding hydrogens is 399 g/mol. The summed E-state index contributed by atoms with van der Waals surface area (Å²) in [6.45, 7) is 0. The van der Waals surface area contributed by atoms with Crippen molar-refractivity contribution in [3.05, 3.63) is 75.5 Å². The number of nitrogens with zero attached hydrogens (tertiary/aromatic N) is 1. The normalized spacial score (nSPS) is 14.5. The molecule has 1 aromatic heterocycles. The molecule has 0 spiro atoms. The predicted molar refractivity (Wildman–Crippen MR) is 109 cm³/mol. The number of carbonyl (C=O) groups excluding carboxylic acids is 1. The third-order valence-electron chi connectivity index (χ3n) is 4.98. The topological polar surface area (TPSA) is 51.2 Å². The molecule has 1 N–H and O–H groups in total. The SMILES string of the molecule is COc1ccc(C2(C(=O)Nc3ncc(Cc4ccc(F)cc4Cl)s3)CC2)cc1. The molecule has 0 saturated heterocycles. The summed E-state index contributed by atoms with van der Waals surface area (Å²) >= 11 is 7.49. The number of anilines is 1. The lowest BCUT2D eigenvalue weighted by Crippen LogP contribution is -2.27. The van der Waals surface area contributed by atoms with Gasteiger partial charge in [-0.1, -0.05) is 29.8 Å². The van der Waals surface area contributed by atoms with Crippen LogP contribution in [-0.2, 0) is 16.6 Å². The molecule has 28 heavy (non-hydrogen) atoms. The largest absolute Gasteiger partial charge is 0.497 e. The van der Waals surface area contributed by atoms with Crippen LogP contribution in [0, 0.1) is 5.82 Å². The summed E-state index contributed by atoms with van der Waals surface area (Å²) in [5.74, 6) is 0.363. The van der Waals surface area contributed by atoms with Gasteiger partial charge < -0.3 is 10.1 Å². The fourth-order valence-corrected chi connectivity index (χ4v) is 4.26. The van der Waals surface area contributed by atoms with Crippen molar-refractivity contribution in [1.82, 2.24) is 4.98 Å². The Morgan fingerprint density at radius 1 is 1.29 bits per heavy atom. The van der Waals surface area contributed by atoms with Gasteiger partial charge in [0.15, 0.2) is 5.13 Å². The molecule has 1 amide bonds. The van der Waals surface area contributed by atoms with Gasteiger partial charge in [-0.25, -0.2) is 9.37 Å². The van der Waals surface area contributed by atoms with Crippen LogP contribution in [0.2, 0.25) is 5.02 Å². The molecule has 144 valence electrons. The van der Waals surface area contributed by atoms with E-state index in [-0.39, 0.29) is 11.7 Å². The summed E-state index contributed by atoms with van der Waals surface area (Å²) in [7, 11) is 1.62. The highest BCUT2D eigenvalue weighted by Gasteiger charge is 2.51. The van der Waals surface area contributed by atoms with Crippen molar-refractivity contribution in [2.45, 2.75) is 24.7 Å². The zero-order valence-corrected chi connectivity index (χ0v) is 16.7. The Balaban J connectivity index is 1.45. The number of benzene rings is 2. The number of methoxy groups -OCH3 is 1. The molecule has 2 aromatic carbocycles. The van der Waals surface area contributed by atoms with E-state index in [0.717, 1.165) is 34.6 Å². The van der Waals surface area contributed by atoms with Crippen LogP contribution in [0.25, 0.3) is 0 Å². The molecule has 0 bridgehead atoms. The average Bonchev–Trinajstić information content (AvgIpc) is 3.40. The number of nitrogens with one attached hydrogen (secondary N) is 1. The molecule has 1 aliphatic carbocycles. The van der Waals surface area contributed by atoms with Crippen molar-refractivity contribution in [3.63, 3.8) is 0 Å². The van der Waals surface area contributed by atoms with Crippen LogP contribution < -0.4 is 10.1 Å². The molecule has 3 aromatic rings. The Kier molecular flexibility index (Phi) is 5.08. The van der Waals surface area contributed by atoms with Gasteiger partial charge in [0.25, 0.3) is 0 Å².